The van der Waals surface area contributed by atoms with E-state index in [0.29, 0.717) is 17.9 Å². The van der Waals surface area contributed by atoms with Crippen molar-refractivity contribution >= 4 is 28.5 Å². The number of anilines is 3. The number of nitrogens with one attached hydrogen (secondary N) is 3. The molecule has 1 atom stereocenters. The fourth-order valence-corrected chi connectivity index (χ4v) is 3.92. The standard InChI is InChI=1S/C21H28N6/c1-3-16-13-19(27-26-16)24-20-17-11-7-8-12-18(17)23-21(25-20)22-14(2)15-9-5-4-6-10-15/h7-8,11-15H,3-6,9-10H2,1-2H3,(H3,22,23,24,25,26,27)/t14-/m0/s1. The van der Waals surface area contributed by atoms with Crippen LogP contribution in [-0.2, 0) is 6.42 Å². The molecule has 27 heavy (non-hydrogen) atoms. The predicted molar refractivity (Wildman–Crippen MR) is 110 cm³/mol. The Bertz CT molecular complexity index is 897. The lowest BCUT2D eigenvalue weighted by Gasteiger charge is -2.28. The van der Waals surface area contributed by atoms with Crippen molar-refractivity contribution in [1.82, 2.24) is 20.2 Å². The molecule has 1 aliphatic carbocycles. The van der Waals surface area contributed by atoms with Crippen molar-refractivity contribution < 1.29 is 0 Å². The molecule has 4 rings (SSSR count). The van der Waals surface area contributed by atoms with E-state index in [9.17, 15) is 0 Å². The van der Waals surface area contributed by atoms with Crippen LogP contribution in [-0.4, -0.2) is 26.2 Å². The second kappa shape index (κ2) is 7.94. The van der Waals surface area contributed by atoms with Crippen LogP contribution in [0.1, 0.15) is 51.6 Å². The minimum atomic E-state index is 0.372. The lowest BCUT2D eigenvalue weighted by molar-refractivity contribution is 0.327. The molecule has 0 spiro atoms. The molecule has 1 saturated carbocycles. The van der Waals surface area contributed by atoms with E-state index in [-0.39, 0.29) is 0 Å². The van der Waals surface area contributed by atoms with Crippen LogP contribution in [0, 0.1) is 5.92 Å². The van der Waals surface area contributed by atoms with Crippen molar-refractivity contribution in [3.63, 3.8) is 0 Å². The Labute approximate surface area is 160 Å². The average molecular weight is 364 g/mol. The van der Waals surface area contributed by atoms with Gasteiger partial charge in [0.2, 0.25) is 5.95 Å². The number of rotatable bonds is 6. The molecule has 2 heterocycles. The smallest absolute Gasteiger partial charge is 0.225 e. The zero-order valence-corrected chi connectivity index (χ0v) is 16.1. The van der Waals surface area contributed by atoms with Crippen LogP contribution < -0.4 is 10.6 Å². The molecule has 0 radical (unpaired) electrons. The maximum atomic E-state index is 4.78. The van der Waals surface area contributed by atoms with Gasteiger partial charge in [-0.15, -0.1) is 0 Å². The van der Waals surface area contributed by atoms with Gasteiger partial charge in [0.15, 0.2) is 5.82 Å². The highest BCUT2D eigenvalue weighted by molar-refractivity contribution is 5.91. The van der Waals surface area contributed by atoms with Gasteiger partial charge in [-0.3, -0.25) is 5.10 Å². The van der Waals surface area contributed by atoms with Gasteiger partial charge in [0.1, 0.15) is 5.82 Å². The van der Waals surface area contributed by atoms with Gasteiger partial charge in [-0.25, -0.2) is 4.98 Å². The number of aromatic nitrogens is 4. The highest BCUT2D eigenvalue weighted by Crippen LogP contribution is 2.29. The maximum Gasteiger partial charge on any atom is 0.225 e. The van der Waals surface area contributed by atoms with E-state index in [0.717, 1.165) is 34.7 Å². The average Bonchev–Trinajstić information content (AvgIpc) is 3.16. The fraction of sp³-hybridized carbons (Fsp3) is 0.476. The Morgan fingerprint density at radius 1 is 1.15 bits per heavy atom. The third kappa shape index (κ3) is 4.04. The first-order valence-electron chi connectivity index (χ1n) is 10.1. The minimum Gasteiger partial charge on any atom is -0.351 e. The lowest BCUT2D eigenvalue weighted by atomic mass is 9.85. The van der Waals surface area contributed by atoms with Crippen molar-refractivity contribution in [3.8, 4) is 0 Å². The molecule has 0 bridgehead atoms. The molecule has 142 valence electrons. The summed E-state index contributed by atoms with van der Waals surface area (Å²) in [7, 11) is 0. The van der Waals surface area contributed by atoms with Crippen molar-refractivity contribution in [2.75, 3.05) is 10.6 Å². The summed E-state index contributed by atoms with van der Waals surface area (Å²) in [6.07, 6.45) is 7.54. The molecule has 3 N–H and O–H groups in total. The number of fused-ring (bicyclic) bond motifs is 1. The highest BCUT2D eigenvalue weighted by atomic mass is 15.2. The molecular weight excluding hydrogens is 336 g/mol. The van der Waals surface area contributed by atoms with Gasteiger partial charge in [-0.1, -0.05) is 38.3 Å². The van der Waals surface area contributed by atoms with E-state index in [1.54, 1.807) is 0 Å². The molecule has 0 unspecified atom stereocenters. The van der Waals surface area contributed by atoms with E-state index in [4.69, 9.17) is 9.97 Å². The van der Waals surface area contributed by atoms with Gasteiger partial charge in [-0.2, -0.15) is 10.1 Å². The summed E-state index contributed by atoms with van der Waals surface area (Å²) in [6, 6.07) is 10.5. The van der Waals surface area contributed by atoms with Crippen molar-refractivity contribution in [2.24, 2.45) is 5.92 Å². The van der Waals surface area contributed by atoms with Crippen molar-refractivity contribution in [1.29, 1.82) is 0 Å². The highest BCUT2D eigenvalue weighted by Gasteiger charge is 2.21. The van der Waals surface area contributed by atoms with Crippen LogP contribution in [0.5, 0.6) is 0 Å². The third-order valence-corrected chi connectivity index (χ3v) is 5.58. The number of hydrogen-bond acceptors (Lipinski definition) is 5. The van der Waals surface area contributed by atoms with E-state index in [2.05, 4.69) is 34.7 Å². The summed E-state index contributed by atoms with van der Waals surface area (Å²) in [4.78, 5) is 9.52. The largest absolute Gasteiger partial charge is 0.351 e. The van der Waals surface area contributed by atoms with Gasteiger partial charge in [0.05, 0.1) is 5.52 Å². The number of benzene rings is 1. The summed E-state index contributed by atoms with van der Waals surface area (Å²) in [5.41, 5.74) is 2.03. The first-order valence-corrected chi connectivity index (χ1v) is 10.1. The van der Waals surface area contributed by atoms with E-state index in [1.165, 1.54) is 32.1 Å². The van der Waals surface area contributed by atoms with Crippen molar-refractivity contribution in [3.05, 3.63) is 36.0 Å². The number of H-pyrrole nitrogens is 1. The molecule has 0 aliphatic heterocycles. The second-order valence-corrected chi connectivity index (χ2v) is 7.50. The van der Waals surface area contributed by atoms with Crippen LogP contribution in [0.4, 0.5) is 17.6 Å². The third-order valence-electron chi connectivity index (χ3n) is 5.58. The molecular formula is C21H28N6. The Morgan fingerprint density at radius 2 is 1.96 bits per heavy atom. The quantitative estimate of drug-likeness (QED) is 0.571. The summed E-state index contributed by atoms with van der Waals surface area (Å²) < 4.78 is 0. The topological polar surface area (TPSA) is 78.5 Å². The molecule has 1 fully saturated rings. The molecule has 0 amide bonds. The van der Waals surface area contributed by atoms with Gasteiger partial charge in [0.25, 0.3) is 0 Å². The number of hydrogen-bond donors (Lipinski definition) is 3. The fourth-order valence-electron chi connectivity index (χ4n) is 3.92. The van der Waals surface area contributed by atoms with E-state index in [1.807, 2.05) is 30.3 Å². The Balaban J connectivity index is 1.61. The molecule has 1 aromatic carbocycles. The minimum absolute atomic E-state index is 0.372. The number of para-hydroxylation sites is 1. The first kappa shape index (κ1) is 17.8. The van der Waals surface area contributed by atoms with Crippen LogP contribution in [0.2, 0.25) is 0 Å². The molecule has 3 aromatic rings. The van der Waals surface area contributed by atoms with Crippen LogP contribution in [0.15, 0.2) is 30.3 Å². The van der Waals surface area contributed by atoms with E-state index < -0.39 is 0 Å². The van der Waals surface area contributed by atoms with Gasteiger partial charge in [-0.05, 0) is 44.2 Å². The lowest BCUT2D eigenvalue weighted by Crippen LogP contribution is -2.28. The van der Waals surface area contributed by atoms with Crippen LogP contribution in [0.25, 0.3) is 10.9 Å². The van der Waals surface area contributed by atoms with Crippen LogP contribution >= 0.6 is 0 Å². The number of aryl methyl sites for hydroxylation is 1. The Morgan fingerprint density at radius 3 is 2.74 bits per heavy atom. The summed E-state index contributed by atoms with van der Waals surface area (Å²) in [5, 5.41) is 15.3. The van der Waals surface area contributed by atoms with Gasteiger partial charge < -0.3 is 10.6 Å². The van der Waals surface area contributed by atoms with Crippen LogP contribution in [0.3, 0.4) is 0 Å². The molecule has 2 aromatic heterocycles. The summed E-state index contributed by atoms with van der Waals surface area (Å²) in [6.45, 7) is 4.36. The zero-order valence-electron chi connectivity index (χ0n) is 16.1. The summed E-state index contributed by atoms with van der Waals surface area (Å²) in [5.74, 6) is 2.94. The molecule has 6 nitrogen and oxygen atoms in total. The van der Waals surface area contributed by atoms with Gasteiger partial charge in [0, 0.05) is 23.2 Å². The van der Waals surface area contributed by atoms with Gasteiger partial charge >= 0.3 is 0 Å². The Hall–Kier alpha value is -2.63. The second-order valence-electron chi connectivity index (χ2n) is 7.50. The number of aromatic amines is 1. The van der Waals surface area contributed by atoms with E-state index >= 15 is 0 Å². The normalized spacial score (nSPS) is 16.4. The van der Waals surface area contributed by atoms with Crippen molar-refractivity contribution in [2.45, 2.75) is 58.4 Å². The number of nitrogens with zero attached hydrogens (tertiary/aromatic N) is 3. The maximum absolute atomic E-state index is 4.78. The SMILES string of the molecule is CCc1cc(Nc2nc(N[C@@H](C)C3CCCCC3)nc3ccccc23)n[nH]1. The Kier molecular flexibility index (Phi) is 5.23. The monoisotopic (exact) mass is 364 g/mol. The zero-order chi connectivity index (χ0) is 18.6. The molecule has 6 heteroatoms. The summed E-state index contributed by atoms with van der Waals surface area (Å²) >= 11 is 0. The molecule has 0 saturated heterocycles. The molecule has 1 aliphatic rings. The first-order chi connectivity index (χ1) is 13.2. The predicted octanol–water partition coefficient (Wildman–Crippen LogP) is 5.04.